The molecule has 1 aliphatic carbocycles. The van der Waals surface area contributed by atoms with Gasteiger partial charge in [-0.15, -0.1) is 0 Å². The molecule has 1 saturated carbocycles. The number of halogens is 3. The Hall–Kier alpha value is -1.75. The van der Waals surface area contributed by atoms with E-state index in [0.29, 0.717) is 33.6 Å². The maximum absolute atomic E-state index is 13.5. The molecule has 1 aliphatic rings. The number of carbonyl (C=O) groups excluding carboxylic acids is 2. The Balaban J connectivity index is 1.84. The van der Waals surface area contributed by atoms with Crippen LogP contribution in [0.25, 0.3) is 0 Å². The van der Waals surface area contributed by atoms with Gasteiger partial charge in [0.1, 0.15) is 6.04 Å². The molecule has 3 rings (SSSR count). The molecular formula is C25H29Cl3N2O2. The lowest BCUT2D eigenvalue weighted by Gasteiger charge is -2.33. The Morgan fingerprint density at radius 1 is 1.00 bits per heavy atom. The zero-order valence-electron chi connectivity index (χ0n) is 18.3. The Morgan fingerprint density at radius 2 is 1.62 bits per heavy atom. The number of rotatable bonds is 8. The second kappa shape index (κ2) is 11.9. The van der Waals surface area contributed by atoms with Crippen molar-refractivity contribution in [1.82, 2.24) is 10.2 Å². The molecule has 7 heteroatoms. The van der Waals surface area contributed by atoms with E-state index in [1.165, 1.54) is 6.42 Å². The van der Waals surface area contributed by atoms with Crippen LogP contribution in [0.3, 0.4) is 0 Å². The Kier molecular flexibility index (Phi) is 9.27. The lowest BCUT2D eigenvalue weighted by Crippen LogP contribution is -2.52. The van der Waals surface area contributed by atoms with Crippen molar-refractivity contribution in [3.63, 3.8) is 0 Å². The minimum absolute atomic E-state index is 0.0271. The monoisotopic (exact) mass is 494 g/mol. The molecule has 0 aliphatic heterocycles. The molecule has 172 valence electrons. The predicted molar refractivity (Wildman–Crippen MR) is 131 cm³/mol. The van der Waals surface area contributed by atoms with Gasteiger partial charge in [-0.2, -0.15) is 0 Å². The summed E-state index contributed by atoms with van der Waals surface area (Å²) in [7, 11) is 0. The van der Waals surface area contributed by atoms with Crippen LogP contribution in [0.1, 0.15) is 56.6 Å². The van der Waals surface area contributed by atoms with Gasteiger partial charge in [0.25, 0.3) is 0 Å². The first-order valence-electron chi connectivity index (χ1n) is 11.2. The summed E-state index contributed by atoms with van der Waals surface area (Å²) in [6, 6.07) is 12.1. The molecule has 1 fully saturated rings. The average molecular weight is 496 g/mol. The summed E-state index contributed by atoms with van der Waals surface area (Å²) in [5.74, 6) is -0.299. The molecule has 2 amide bonds. The number of hydrogen-bond donors (Lipinski definition) is 1. The summed E-state index contributed by atoms with van der Waals surface area (Å²) < 4.78 is 0. The largest absolute Gasteiger partial charge is 0.352 e. The fourth-order valence-electron chi connectivity index (χ4n) is 4.20. The van der Waals surface area contributed by atoms with E-state index in [0.717, 1.165) is 31.2 Å². The van der Waals surface area contributed by atoms with Crippen molar-refractivity contribution in [2.24, 2.45) is 0 Å². The summed E-state index contributed by atoms with van der Waals surface area (Å²) in [6.07, 6.45) is 5.97. The molecule has 0 aromatic heterocycles. The molecular weight excluding hydrogens is 467 g/mol. The standard InChI is InChI=1S/C25H29Cl3N2O2/c1-2-23(25(32)29-19-7-4-3-5-8-19)30(16-17-11-13-18(26)14-12-17)24(31)15-20-21(27)9-6-10-22(20)28/h6,9-14,19,23H,2-5,7-8,15-16H2,1H3,(H,29,32)/t23-/m0/s1. The van der Waals surface area contributed by atoms with E-state index in [1.807, 2.05) is 19.1 Å². The van der Waals surface area contributed by atoms with Crippen molar-refractivity contribution >= 4 is 46.6 Å². The van der Waals surface area contributed by atoms with Gasteiger partial charge in [0.05, 0.1) is 6.42 Å². The molecule has 0 radical (unpaired) electrons. The molecule has 0 spiro atoms. The molecule has 0 bridgehead atoms. The number of hydrogen-bond acceptors (Lipinski definition) is 2. The van der Waals surface area contributed by atoms with Crippen molar-refractivity contribution in [1.29, 1.82) is 0 Å². The van der Waals surface area contributed by atoms with Crippen LogP contribution in [-0.2, 0) is 22.6 Å². The summed E-state index contributed by atoms with van der Waals surface area (Å²) in [4.78, 5) is 28.4. The van der Waals surface area contributed by atoms with Gasteiger partial charge in [0.15, 0.2) is 0 Å². The Morgan fingerprint density at radius 3 is 2.22 bits per heavy atom. The van der Waals surface area contributed by atoms with Crippen LogP contribution >= 0.6 is 34.8 Å². The summed E-state index contributed by atoms with van der Waals surface area (Å²) in [6.45, 7) is 2.23. The first kappa shape index (κ1) is 24.9. The van der Waals surface area contributed by atoms with Crippen LogP contribution in [-0.4, -0.2) is 28.8 Å². The van der Waals surface area contributed by atoms with Gasteiger partial charge in [-0.25, -0.2) is 0 Å². The van der Waals surface area contributed by atoms with Crippen molar-refractivity contribution in [3.8, 4) is 0 Å². The number of carbonyl (C=O) groups is 2. The van der Waals surface area contributed by atoms with Crippen molar-refractivity contribution < 1.29 is 9.59 Å². The normalized spacial score (nSPS) is 15.2. The number of benzene rings is 2. The van der Waals surface area contributed by atoms with E-state index < -0.39 is 6.04 Å². The second-order valence-corrected chi connectivity index (χ2v) is 9.54. The highest BCUT2D eigenvalue weighted by Crippen LogP contribution is 2.26. The maximum atomic E-state index is 13.5. The highest BCUT2D eigenvalue weighted by atomic mass is 35.5. The van der Waals surface area contributed by atoms with Gasteiger partial charge in [-0.05, 0) is 54.7 Å². The quantitative estimate of drug-likeness (QED) is 0.458. The lowest BCUT2D eigenvalue weighted by atomic mass is 9.95. The molecule has 2 aromatic carbocycles. The van der Waals surface area contributed by atoms with E-state index in [-0.39, 0.29) is 24.3 Å². The van der Waals surface area contributed by atoms with Crippen LogP contribution in [0.5, 0.6) is 0 Å². The predicted octanol–water partition coefficient (Wildman–Crippen LogP) is 6.45. The van der Waals surface area contributed by atoms with Crippen LogP contribution in [0.2, 0.25) is 15.1 Å². The van der Waals surface area contributed by atoms with Crippen molar-refractivity contribution in [3.05, 3.63) is 68.7 Å². The number of nitrogens with one attached hydrogen (secondary N) is 1. The third-order valence-corrected chi connectivity index (χ3v) is 6.95. The van der Waals surface area contributed by atoms with Gasteiger partial charge in [0, 0.05) is 27.7 Å². The molecule has 1 atom stereocenters. The van der Waals surface area contributed by atoms with Crippen molar-refractivity contribution in [2.45, 2.75) is 70.5 Å². The van der Waals surface area contributed by atoms with Gasteiger partial charge >= 0.3 is 0 Å². The van der Waals surface area contributed by atoms with Crippen molar-refractivity contribution in [2.75, 3.05) is 0 Å². The SMILES string of the molecule is CC[C@@H](C(=O)NC1CCCCC1)N(Cc1ccc(Cl)cc1)C(=O)Cc1c(Cl)cccc1Cl. The van der Waals surface area contributed by atoms with Gasteiger partial charge in [-0.3, -0.25) is 9.59 Å². The topological polar surface area (TPSA) is 49.4 Å². The zero-order chi connectivity index (χ0) is 23.1. The maximum Gasteiger partial charge on any atom is 0.243 e. The minimum atomic E-state index is -0.582. The molecule has 1 N–H and O–H groups in total. The number of amides is 2. The Labute approximate surface area is 205 Å². The molecule has 32 heavy (non-hydrogen) atoms. The van der Waals surface area contributed by atoms with Crippen LogP contribution in [0, 0.1) is 0 Å². The summed E-state index contributed by atoms with van der Waals surface area (Å²) in [5, 5.41) is 4.69. The van der Waals surface area contributed by atoms with E-state index in [9.17, 15) is 9.59 Å². The zero-order valence-corrected chi connectivity index (χ0v) is 20.5. The van der Waals surface area contributed by atoms with E-state index in [2.05, 4.69) is 5.32 Å². The van der Waals surface area contributed by atoms with Gasteiger partial charge in [0.2, 0.25) is 11.8 Å². The molecule has 0 unspecified atom stereocenters. The lowest BCUT2D eigenvalue weighted by molar-refractivity contribution is -0.141. The molecule has 4 nitrogen and oxygen atoms in total. The summed E-state index contributed by atoms with van der Waals surface area (Å²) >= 11 is 18.7. The third-order valence-electron chi connectivity index (χ3n) is 5.99. The van der Waals surface area contributed by atoms with Crippen LogP contribution < -0.4 is 5.32 Å². The smallest absolute Gasteiger partial charge is 0.243 e. The van der Waals surface area contributed by atoms with Crippen LogP contribution in [0.4, 0.5) is 0 Å². The molecule has 2 aromatic rings. The van der Waals surface area contributed by atoms with E-state index in [1.54, 1.807) is 35.2 Å². The Bertz CT molecular complexity index is 907. The average Bonchev–Trinajstić information content (AvgIpc) is 2.78. The minimum Gasteiger partial charge on any atom is -0.352 e. The number of nitrogens with zero attached hydrogens (tertiary/aromatic N) is 1. The first-order valence-corrected chi connectivity index (χ1v) is 12.3. The molecule has 0 saturated heterocycles. The third kappa shape index (κ3) is 6.63. The van der Waals surface area contributed by atoms with Gasteiger partial charge < -0.3 is 10.2 Å². The second-order valence-electron chi connectivity index (χ2n) is 8.29. The fourth-order valence-corrected chi connectivity index (χ4v) is 4.86. The highest BCUT2D eigenvalue weighted by Gasteiger charge is 2.31. The highest BCUT2D eigenvalue weighted by molar-refractivity contribution is 6.36. The first-order chi connectivity index (χ1) is 15.4. The summed E-state index contributed by atoms with van der Waals surface area (Å²) in [5.41, 5.74) is 1.47. The van der Waals surface area contributed by atoms with E-state index in [4.69, 9.17) is 34.8 Å². The van der Waals surface area contributed by atoms with E-state index >= 15 is 0 Å². The van der Waals surface area contributed by atoms with Gasteiger partial charge in [-0.1, -0.05) is 79.2 Å². The fraction of sp³-hybridized carbons (Fsp3) is 0.440. The van der Waals surface area contributed by atoms with Crippen LogP contribution in [0.15, 0.2) is 42.5 Å². The molecule has 0 heterocycles.